The number of hydrogen-bond donors (Lipinski definition) is 0. The fourth-order valence-electron chi connectivity index (χ4n) is 2.72. The average Bonchev–Trinajstić information content (AvgIpc) is 3.06. The van der Waals surface area contributed by atoms with Gasteiger partial charge in [-0.15, -0.1) is 5.10 Å². The van der Waals surface area contributed by atoms with Gasteiger partial charge in [0.25, 0.3) is 0 Å². The van der Waals surface area contributed by atoms with Crippen molar-refractivity contribution in [3.05, 3.63) is 35.2 Å². The smallest absolute Gasteiger partial charge is 0.318 e. The lowest BCUT2D eigenvalue weighted by Crippen LogP contribution is -2.49. The summed E-state index contributed by atoms with van der Waals surface area (Å²) >= 11 is 5.84. The van der Waals surface area contributed by atoms with Crippen molar-refractivity contribution in [3.63, 3.8) is 0 Å². The Morgan fingerprint density at radius 1 is 1.23 bits per heavy atom. The number of carbonyl (C=O) groups is 1. The van der Waals surface area contributed by atoms with Crippen LogP contribution in [-0.4, -0.2) is 61.4 Å². The van der Waals surface area contributed by atoms with Crippen molar-refractivity contribution in [1.29, 1.82) is 0 Å². The molecule has 0 spiro atoms. The fraction of sp³-hybridized carbons (Fsp3) is 0.438. The number of carbonyl (C=O) groups excluding carboxylic acids is 1. The van der Waals surface area contributed by atoms with Gasteiger partial charge in [0.1, 0.15) is 0 Å². The van der Waals surface area contributed by atoms with Crippen molar-refractivity contribution < 1.29 is 17.6 Å². The number of aromatic nitrogens is 2. The lowest BCUT2D eigenvalue weighted by molar-refractivity contribution is -0.131. The predicted octanol–water partition coefficient (Wildman–Crippen LogP) is 1.54. The minimum absolute atomic E-state index is 0.0610. The maximum absolute atomic E-state index is 12.4. The molecule has 1 aliphatic heterocycles. The zero-order chi connectivity index (χ0) is 18.7. The molecule has 1 aliphatic rings. The molecular formula is C16H19ClN4O4S. The number of aryl methyl sites for hydroxylation is 1. The van der Waals surface area contributed by atoms with E-state index in [-0.39, 0.29) is 23.0 Å². The minimum atomic E-state index is -3.54. The molecule has 1 fully saturated rings. The Bertz CT molecular complexity index is 891. The van der Waals surface area contributed by atoms with E-state index in [1.165, 1.54) is 12.1 Å². The summed E-state index contributed by atoms with van der Waals surface area (Å²) in [5.41, 5.74) is 0. The molecule has 8 nitrogen and oxygen atoms in total. The maximum atomic E-state index is 12.4. The quantitative estimate of drug-likeness (QED) is 0.753. The van der Waals surface area contributed by atoms with E-state index in [4.69, 9.17) is 16.0 Å². The third kappa shape index (κ3) is 4.34. The highest BCUT2D eigenvalue weighted by Crippen LogP contribution is 2.18. The summed E-state index contributed by atoms with van der Waals surface area (Å²) in [6, 6.07) is 6.51. The largest absolute Gasteiger partial charge is 0.408 e. The van der Waals surface area contributed by atoms with E-state index in [0.29, 0.717) is 43.1 Å². The van der Waals surface area contributed by atoms with Gasteiger partial charge in [0.05, 0.1) is 10.6 Å². The number of hydrogen-bond acceptors (Lipinski definition) is 7. The van der Waals surface area contributed by atoms with Gasteiger partial charge >= 0.3 is 6.01 Å². The zero-order valence-electron chi connectivity index (χ0n) is 14.3. The molecular weight excluding hydrogens is 380 g/mol. The first-order valence-corrected chi connectivity index (χ1v) is 10.2. The Morgan fingerprint density at radius 2 is 1.96 bits per heavy atom. The maximum Gasteiger partial charge on any atom is 0.318 e. The molecule has 10 heteroatoms. The van der Waals surface area contributed by atoms with Crippen LogP contribution < -0.4 is 4.90 Å². The Kier molecular flexibility index (Phi) is 5.47. The second kappa shape index (κ2) is 7.63. The summed E-state index contributed by atoms with van der Waals surface area (Å²) < 4.78 is 30.1. The summed E-state index contributed by atoms with van der Waals surface area (Å²) in [4.78, 5) is 16.1. The molecule has 0 unspecified atom stereocenters. The van der Waals surface area contributed by atoms with Gasteiger partial charge in [-0.25, -0.2) is 8.42 Å². The number of nitrogens with zero attached hydrogens (tertiary/aromatic N) is 4. The fourth-order valence-corrected chi connectivity index (χ4v) is 4.25. The van der Waals surface area contributed by atoms with Crippen LogP contribution in [0.1, 0.15) is 12.3 Å². The van der Waals surface area contributed by atoms with E-state index in [0.717, 1.165) is 0 Å². The molecule has 1 saturated heterocycles. The van der Waals surface area contributed by atoms with Crippen LogP contribution in [0.4, 0.5) is 6.01 Å². The molecule has 0 N–H and O–H groups in total. The molecule has 3 rings (SSSR count). The van der Waals surface area contributed by atoms with E-state index in [1.54, 1.807) is 24.0 Å². The number of benzene rings is 1. The van der Waals surface area contributed by atoms with Crippen molar-refractivity contribution in [3.8, 4) is 0 Å². The van der Waals surface area contributed by atoms with Crippen LogP contribution in [0.15, 0.2) is 33.6 Å². The van der Waals surface area contributed by atoms with Crippen LogP contribution in [0.5, 0.6) is 0 Å². The summed E-state index contributed by atoms with van der Waals surface area (Å²) in [5.74, 6) is 0.0663. The molecule has 26 heavy (non-hydrogen) atoms. The Hall–Kier alpha value is -2.13. The highest BCUT2D eigenvalue weighted by atomic mass is 35.5. The van der Waals surface area contributed by atoms with Gasteiger partial charge in [0.2, 0.25) is 11.8 Å². The van der Waals surface area contributed by atoms with Crippen LogP contribution in [0, 0.1) is 6.92 Å². The third-order valence-electron chi connectivity index (χ3n) is 4.16. The summed E-state index contributed by atoms with van der Waals surface area (Å²) in [6.45, 7) is 3.81. The van der Waals surface area contributed by atoms with Crippen molar-refractivity contribution in [2.45, 2.75) is 18.2 Å². The van der Waals surface area contributed by atoms with Gasteiger partial charge in [-0.05, 0) is 18.2 Å². The van der Waals surface area contributed by atoms with Crippen LogP contribution in [0.3, 0.4) is 0 Å². The van der Waals surface area contributed by atoms with Gasteiger partial charge in [-0.2, -0.15) is 0 Å². The molecule has 2 aromatic rings. The molecule has 0 aliphatic carbocycles. The van der Waals surface area contributed by atoms with Gasteiger partial charge in [-0.1, -0.05) is 22.8 Å². The van der Waals surface area contributed by atoms with E-state index in [9.17, 15) is 13.2 Å². The number of sulfone groups is 1. The molecule has 0 saturated carbocycles. The molecule has 140 valence electrons. The summed E-state index contributed by atoms with van der Waals surface area (Å²) in [5, 5.41) is 8.11. The van der Waals surface area contributed by atoms with Gasteiger partial charge in [0, 0.05) is 44.5 Å². The number of anilines is 1. The number of amides is 1. The second-order valence-corrected chi connectivity index (χ2v) is 8.54. The van der Waals surface area contributed by atoms with E-state index >= 15 is 0 Å². The number of piperazine rings is 1. The first-order chi connectivity index (χ1) is 12.3. The zero-order valence-corrected chi connectivity index (χ0v) is 15.8. The summed E-state index contributed by atoms with van der Waals surface area (Å²) in [7, 11) is -3.54. The lowest BCUT2D eigenvalue weighted by atomic mass is 10.3. The van der Waals surface area contributed by atoms with Gasteiger partial charge < -0.3 is 14.2 Å². The third-order valence-corrected chi connectivity index (χ3v) is 6.11. The Labute approximate surface area is 156 Å². The molecule has 1 amide bonds. The van der Waals surface area contributed by atoms with Crippen LogP contribution in [0.2, 0.25) is 5.02 Å². The number of halogens is 1. The van der Waals surface area contributed by atoms with Gasteiger partial charge in [0.15, 0.2) is 9.84 Å². The second-order valence-electron chi connectivity index (χ2n) is 6.00. The first kappa shape index (κ1) is 18.7. The monoisotopic (exact) mass is 398 g/mol. The van der Waals surface area contributed by atoms with E-state index in [2.05, 4.69) is 10.2 Å². The molecule has 2 heterocycles. The Balaban J connectivity index is 1.53. The van der Waals surface area contributed by atoms with Gasteiger partial charge in [-0.3, -0.25) is 4.79 Å². The topological polar surface area (TPSA) is 96.6 Å². The normalized spacial score (nSPS) is 15.3. The molecule has 1 aromatic heterocycles. The molecule has 1 aromatic carbocycles. The van der Waals surface area contributed by atoms with Crippen LogP contribution in [0.25, 0.3) is 0 Å². The van der Waals surface area contributed by atoms with E-state index < -0.39 is 9.84 Å². The summed E-state index contributed by atoms with van der Waals surface area (Å²) in [6.07, 6.45) is -0.0610. The standard InChI is InChI=1S/C16H19ClN4O4S/c1-12-18-19-16(25-12)21-8-6-20(7-9-21)15(22)5-10-26(23,24)14-4-2-3-13(17)11-14/h2-4,11H,5-10H2,1H3. The predicted molar refractivity (Wildman–Crippen MR) is 95.9 cm³/mol. The Morgan fingerprint density at radius 3 is 2.58 bits per heavy atom. The van der Waals surface area contributed by atoms with E-state index in [1.807, 2.05) is 4.90 Å². The van der Waals surface area contributed by atoms with Crippen LogP contribution in [-0.2, 0) is 14.6 Å². The van der Waals surface area contributed by atoms with Crippen molar-refractivity contribution in [1.82, 2.24) is 15.1 Å². The molecule has 0 radical (unpaired) electrons. The van der Waals surface area contributed by atoms with Crippen LogP contribution >= 0.6 is 11.6 Å². The van der Waals surface area contributed by atoms with Crippen molar-refractivity contribution >= 4 is 33.4 Å². The molecule has 0 atom stereocenters. The van der Waals surface area contributed by atoms with Crippen molar-refractivity contribution in [2.75, 3.05) is 36.8 Å². The average molecular weight is 399 g/mol. The highest BCUT2D eigenvalue weighted by Gasteiger charge is 2.25. The molecule has 0 bridgehead atoms. The van der Waals surface area contributed by atoms with Crippen molar-refractivity contribution in [2.24, 2.45) is 0 Å². The first-order valence-electron chi connectivity index (χ1n) is 8.16. The highest BCUT2D eigenvalue weighted by molar-refractivity contribution is 7.91. The SMILES string of the molecule is Cc1nnc(N2CCN(C(=O)CCS(=O)(=O)c3cccc(Cl)c3)CC2)o1. The minimum Gasteiger partial charge on any atom is -0.408 e. The number of rotatable bonds is 5. The lowest BCUT2D eigenvalue weighted by Gasteiger charge is -2.33.